The molecule has 0 saturated carbocycles. The molecule has 0 aliphatic rings. The predicted octanol–water partition coefficient (Wildman–Crippen LogP) is 3.73. The quantitative estimate of drug-likeness (QED) is 0.849. The maximum Gasteiger partial charge on any atom is 0.0484 e. The molecule has 0 radical (unpaired) electrons. The van der Waals surface area contributed by atoms with Crippen molar-refractivity contribution in [1.82, 2.24) is 5.32 Å². The highest BCUT2D eigenvalue weighted by Gasteiger charge is 2.06. The molecule has 2 heteroatoms. The zero-order chi connectivity index (χ0) is 11.4. The molecule has 82 valence electrons. The Balaban J connectivity index is 2.51. The van der Waals surface area contributed by atoms with Crippen LogP contribution in [0.25, 0.3) is 11.1 Å². The Hall–Kier alpha value is -1.31. The SMILES string of the molecule is CNCc1ccccc1-c1ccccc1Cl. The summed E-state index contributed by atoms with van der Waals surface area (Å²) in [5, 5.41) is 3.97. The number of hydrogen-bond donors (Lipinski definition) is 1. The Kier molecular flexibility index (Phi) is 3.60. The standard InChI is InChI=1S/C14H14ClN/c1-16-10-11-6-2-3-7-12(11)13-8-4-5-9-14(13)15/h2-9,16H,10H2,1H3. The van der Waals surface area contributed by atoms with Gasteiger partial charge in [0.1, 0.15) is 0 Å². The third-order valence-electron chi connectivity index (χ3n) is 2.55. The van der Waals surface area contributed by atoms with Gasteiger partial charge in [-0.25, -0.2) is 0 Å². The Morgan fingerprint density at radius 3 is 2.25 bits per heavy atom. The minimum absolute atomic E-state index is 0.797. The summed E-state index contributed by atoms with van der Waals surface area (Å²) in [4.78, 5) is 0. The molecular formula is C14H14ClN. The van der Waals surface area contributed by atoms with Crippen molar-refractivity contribution in [3.05, 3.63) is 59.1 Å². The highest BCUT2D eigenvalue weighted by molar-refractivity contribution is 6.33. The van der Waals surface area contributed by atoms with Gasteiger partial charge in [0.15, 0.2) is 0 Å². The molecule has 0 aromatic heterocycles. The summed E-state index contributed by atoms with van der Waals surface area (Å²) in [6, 6.07) is 16.3. The van der Waals surface area contributed by atoms with Crippen LogP contribution >= 0.6 is 11.6 Å². The molecular weight excluding hydrogens is 218 g/mol. The van der Waals surface area contributed by atoms with Crippen LogP contribution in [0.15, 0.2) is 48.5 Å². The molecule has 2 aromatic carbocycles. The summed E-state index contributed by atoms with van der Waals surface area (Å²) in [6.45, 7) is 0.849. The molecule has 0 aliphatic heterocycles. The fourth-order valence-electron chi connectivity index (χ4n) is 1.81. The third kappa shape index (κ3) is 2.26. The summed E-state index contributed by atoms with van der Waals surface area (Å²) in [6.07, 6.45) is 0. The van der Waals surface area contributed by atoms with Crippen molar-refractivity contribution in [3.63, 3.8) is 0 Å². The van der Waals surface area contributed by atoms with Crippen LogP contribution in [-0.2, 0) is 6.54 Å². The van der Waals surface area contributed by atoms with Crippen molar-refractivity contribution < 1.29 is 0 Å². The van der Waals surface area contributed by atoms with Crippen molar-refractivity contribution in [2.45, 2.75) is 6.54 Å². The summed E-state index contributed by atoms with van der Waals surface area (Å²) < 4.78 is 0. The second-order valence-corrected chi connectivity index (χ2v) is 4.07. The van der Waals surface area contributed by atoms with Crippen LogP contribution < -0.4 is 5.32 Å². The van der Waals surface area contributed by atoms with Gasteiger partial charge in [-0.2, -0.15) is 0 Å². The van der Waals surface area contributed by atoms with Gasteiger partial charge in [-0.15, -0.1) is 0 Å². The molecule has 1 N–H and O–H groups in total. The number of rotatable bonds is 3. The van der Waals surface area contributed by atoms with Gasteiger partial charge < -0.3 is 5.32 Å². The monoisotopic (exact) mass is 231 g/mol. The Labute approximate surface area is 101 Å². The van der Waals surface area contributed by atoms with Crippen molar-refractivity contribution in [1.29, 1.82) is 0 Å². The normalized spacial score (nSPS) is 10.4. The van der Waals surface area contributed by atoms with Gasteiger partial charge in [-0.05, 0) is 24.2 Å². The van der Waals surface area contributed by atoms with E-state index >= 15 is 0 Å². The van der Waals surface area contributed by atoms with Gasteiger partial charge in [0.2, 0.25) is 0 Å². The smallest absolute Gasteiger partial charge is 0.0484 e. The lowest BCUT2D eigenvalue weighted by atomic mass is 10.00. The predicted molar refractivity (Wildman–Crippen MR) is 69.7 cm³/mol. The number of benzene rings is 2. The van der Waals surface area contributed by atoms with Gasteiger partial charge in [0, 0.05) is 17.1 Å². The van der Waals surface area contributed by atoms with Crippen LogP contribution in [0.2, 0.25) is 5.02 Å². The van der Waals surface area contributed by atoms with Crippen LogP contribution in [0.5, 0.6) is 0 Å². The molecule has 1 nitrogen and oxygen atoms in total. The molecule has 0 aliphatic carbocycles. The van der Waals surface area contributed by atoms with Crippen molar-refractivity contribution in [2.24, 2.45) is 0 Å². The second kappa shape index (κ2) is 5.15. The van der Waals surface area contributed by atoms with Gasteiger partial charge in [0.25, 0.3) is 0 Å². The van der Waals surface area contributed by atoms with Crippen molar-refractivity contribution >= 4 is 11.6 Å². The Bertz CT molecular complexity index is 480. The zero-order valence-corrected chi connectivity index (χ0v) is 9.96. The average molecular weight is 232 g/mol. The lowest BCUT2D eigenvalue weighted by Crippen LogP contribution is -2.06. The van der Waals surface area contributed by atoms with E-state index in [1.165, 1.54) is 11.1 Å². The molecule has 0 saturated heterocycles. The molecule has 0 atom stereocenters. The lowest BCUT2D eigenvalue weighted by molar-refractivity contribution is 0.819. The van der Waals surface area contributed by atoms with Crippen LogP contribution in [0, 0.1) is 0 Å². The minimum atomic E-state index is 0.797. The molecule has 2 rings (SSSR count). The van der Waals surface area contributed by atoms with Crippen LogP contribution in [-0.4, -0.2) is 7.05 Å². The molecule has 0 bridgehead atoms. The molecule has 0 heterocycles. The summed E-state index contributed by atoms with van der Waals surface area (Å²) in [5.41, 5.74) is 3.55. The topological polar surface area (TPSA) is 12.0 Å². The first-order valence-electron chi connectivity index (χ1n) is 5.30. The Morgan fingerprint density at radius 1 is 0.938 bits per heavy atom. The Morgan fingerprint density at radius 2 is 1.56 bits per heavy atom. The van der Waals surface area contributed by atoms with E-state index in [0.29, 0.717) is 0 Å². The molecule has 0 spiro atoms. The van der Waals surface area contributed by atoms with E-state index in [-0.39, 0.29) is 0 Å². The van der Waals surface area contributed by atoms with E-state index in [0.717, 1.165) is 17.1 Å². The number of nitrogens with one attached hydrogen (secondary N) is 1. The van der Waals surface area contributed by atoms with Crippen LogP contribution in [0.4, 0.5) is 0 Å². The highest BCUT2D eigenvalue weighted by Crippen LogP contribution is 2.29. The van der Waals surface area contributed by atoms with E-state index in [9.17, 15) is 0 Å². The van der Waals surface area contributed by atoms with Crippen molar-refractivity contribution in [3.8, 4) is 11.1 Å². The first kappa shape index (κ1) is 11.2. The third-order valence-corrected chi connectivity index (χ3v) is 2.88. The fourth-order valence-corrected chi connectivity index (χ4v) is 2.04. The summed E-state index contributed by atoms with van der Waals surface area (Å²) in [7, 11) is 1.95. The van der Waals surface area contributed by atoms with Crippen LogP contribution in [0.1, 0.15) is 5.56 Å². The van der Waals surface area contributed by atoms with E-state index < -0.39 is 0 Å². The number of halogens is 1. The lowest BCUT2D eigenvalue weighted by Gasteiger charge is -2.10. The first-order chi connectivity index (χ1) is 7.83. The first-order valence-corrected chi connectivity index (χ1v) is 5.68. The molecule has 0 unspecified atom stereocenters. The van der Waals surface area contributed by atoms with Gasteiger partial charge >= 0.3 is 0 Å². The molecule has 0 amide bonds. The largest absolute Gasteiger partial charge is 0.316 e. The van der Waals surface area contributed by atoms with Crippen molar-refractivity contribution in [2.75, 3.05) is 7.05 Å². The molecule has 0 fully saturated rings. The van der Waals surface area contributed by atoms with E-state index in [4.69, 9.17) is 11.6 Å². The van der Waals surface area contributed by atoms with Crippen LogP contribution in [0.3, 0.4) is 0 Å². The van der Waals surface area contributed by atoms with Gasteiger partial charge in [-0.1, -0.05) is 54.1 Å². The summed E-state index contributed by atoms with van der Waals surface area (Å²) in [5.74, 6) is 0. The maximum absolute atomic E-state index is 6.21. The highest BCUT2D eigenvalue weighted by atomic mass is 35.5. The van der Waals surface area contributed by atoms with Gasteiger partial charge in [0.05, 0.1) is 0 Å². The van der Waals surface area contributed by atoms with E-state index in [2.05, 4.69) is 23.5 Å². The fraction of sp³-hybridized carbons (Fsp3) is 0.143. The number of hydrogen-bond acceptors (Lipinski definition) is 1. The minimum Gasteiger partial charge on any atom is -0.316 e. The zero-order valence-electron chi connectivity index (χ0n) is 9.20. The summed E-state index contributed by atoms with van der Waals surface area (Å²) >= 11 is 6.21. The second-order valence-electron chi connectivity index (χ2n) is 3.67. The molecule has 16 heavy (non-hydrogen) atoms. The van der Waals surface area contributed by atoms with Gasteiger partial charge in [-0.3, -0.25) is 0 Å². The average Bonchev–Trinajstić information content (AvgIpc) is 2.31. The van der Waals surface area contributed by atoms with E-state index in [1.54, 1.807) is 0 Å². The maximum atomic E-state index is 6.21. The molecule has 2 aromatic rings. The van der Waals surface area contributed by atoms with E-state index in [1.807, 2.05) is 37.4 Å².